The van der Waals surface area contributed by atoms with Crippen LogP contribution in [0.15, 0.2) is 42.5 Å². The number of benzene rings is 2. The first-order chi connectivity index (χ1) is 23.5. The van der Waals surface area contributed by atoms with E-state index < -0.39 is 41.2 Å². The molecule has 4 rings (SSSR count). The predicted octanol–water partition coefficient (Wildman–Crippen LogP) is 8.35. The van der Waals surface area contributed by atoms with Crippen LogP contribution >= 0.6 is 23.2 Å². The number of hydrogen-bond donors (Lipinski definition) is 3. The molecule has 2 heterocycles. The van der Waals surface area contributed by atoms with Crippen molar-refractivity contribution in [3.05, 3.63) is 75.1 Å². The van der Waals surface area contributed by atoms with Gasteiger partial charge in [0.05, 0.1) is 5.02 Å². The minimum Gasteiger partial charge on any atom is -0.482 e. The maximum atomic E-state index is 14.4. The lowest BCUT2D eigenvalue weighted by Gasteiger charge is -2.39. The third kappa shape index (κ3) is 10.1. The Morgan fingerprint density at radius 2 is 1.55 bits per heavy atom. The van der Waals surface area contributed by atoms with E-state index in [2.05, 4.69) is 15.6 Å². The number of H-pyrrole nitrogens is 1. The van der Waals surface area contributed by atoms with E-state index in [1.165, 1.54) is 19.1 Å². The van der Waals surface area contributed by atoms with Crippen LogP contribution in [0.3, 0.4) is 0 Å². The maximum Gasteiger partial charge on any atom is 0.425 e. The summed E-state index contributed by atoms with van der Waals surface area (Å²) in [6, 6.07) is 10.1. The van der Waals surface area contributed by atoms with Gasteiger partial charge in [-0.3, -0.25) is 9.59 Å². The van der Waals surface area contributed by atoms with Gasteiger partial charge in [0.1, 0.15) is 28.8 Å². The van der Waals surface area contributed by atoms with Gasteiger partial charge in [-0.1, -0.05) is 23.2 Å². The van der Waals surface area contributed by atoms with E-state index in [1.807, 2.05) is 13.8 Å². The second-order valence-electron chi connectivity index (χ2n) is 14.8. The van der Waals surface area contributed by atoms with Crippen LogP contribution in [0.1, 0.15) is 94.8 Å². The maximum absolute atomic E-state index is 14.4. The van der Waals surface area contributed by atoms with Gasteiger partial charge in [0.2, 0.25) is 0 Å². The summed E-state index contributed by atoms with van der Waals surface area (Å²) in [5, 5.41) is 5.93. The number of halogens is 3. The Morgan fingerprint density at radius 3 is 2.10 bits per heavy atom. The van der Waals surface area contributed by atoms with Gasteiger partial charge in [0.15, 0.2) is 11.6 Å². The van der Waals surface area contributed by atoms with Gasteiger partial charge in [-0.15, -0.1) is 0 Å². The van der Waals surface area contributed by atoms with Crippen molar-refractivity contribution >= 4 is 58.7 Å². The summed E-state index contributed by atoms with van der Waals surface area (Å²) < 4.78 is 31.6. The number of amides is 4. The first kappa shape index (κ1) is 39.5. The lowest BCUT2D eigenvalue weighted by Crippen LogP contribution is -2.58. The Kier molecular flexibility index (Phi) is 11.7. The van der Waals surface area contributed by atoms with Crippen molar-refractivity contribution in [1.29, 1.82) is 0 Å². The fraction of sp³-hybridized carbons (Fsp3) is 0.444. The number of aromatic nitrogens is 1. The number of hydrogen-bond acceptors (Lipinski definition) is 8. The zero-order chi connectivity index (χ0) is 38.1. The Labute approximate surface area is 306 Å². The monoisotopic (exact) mass is 747 g/mol. The second-order valence-corrected chi connectivity index (χ2v) is 15.6. The summed E-state index contributed by atoms with van der Waals surface area (Å²) in [6.07, 6.45) is -3.30. The molecule has 3 aromatic rings. The molecule has 51 heavy (non-hydrogen) atoms. The van der Waals surface area contributed by atoms with Crippen LogP contribution in [-0.2, 0) is 9.47 Å². The number of carbonyl (C=O) groups is 4. The summed E-state index contributed by atoms with van der Waals surface area (Å²) in [5.74, 6) is -2.04. The zero-order valence-electron chi connectivity index (χ0n) is 30.1. The molecule has 1 fully saturated rings. The van der Waals surface area contributed by atoms with Gasteiger partial charge in [-0.25, -0.2) is 14.0 Å². The Balaban J connectivity index is 1.70. The molecular formula is C36H44Cl2FN5O7. The fourth-order valence-corrected chi connectivity index (χ4v) is 5.91. The van der Waals surface area contributed by atoms with Crippen molar-refractivity contribution < 1.29 is 37.8 Å². The molecule has 0 spiro atoms. The highest BCUT2D eigenvalue weighted by Crippen LogP contribution is 2.39. The number of rotatable bonds is 7. The number of anilines is 2. The van der Waals surface area contributed by atoms with Gasteiger partial charge in [-0.2, -0.15) is 4.90 Å². The number of nitrogens with one attached hydrogen (secondary N) is 3. The SMILES string of the molecule is CC(Oc1cc(C(=O)Nc2ccc(C(=O)N3CCNC(C)(C)C3)cc2)[nH]c1N(C(=O)OC(C)(C)C)C(=O)OC(C)(C)C)c1c(Cl)ccc(F)c1Cl. The molecule has 1 aromatic heterocycles. The number of aromatic amines is 1. The third-order valence-corrected chi connectivity index (χ3v) is 8.13. The van der Waals surface area contributed by atoms with E-state index in [0.717, 1.165) is 6.07 Å². The van der Waals surface area contributed by atoms with Crippen LogP contribution in [0.2, 0.25) is 10.0 Å². The van der Waals surface area contributed by atoms with Gasteiger partial charge >= 0.3 is 12.2 Å². The van der Waals surface area contributed by atoms with E-state index in [4.69, 9.17) is 37.4 Å². The summed E-state index contributed by atoms with van der Waals surface area (Å²) in [6.45, 7) is 17.1. The van der Waals surface area contributed by atoms with E-state index in [-0.39, 0.29) is 44.3 Å². The summed E-state index contributed by atoms with van der Waals surface area (Å²) in [4.78, 5) is 59.0. The molecule has 1 saturated heterocycles. The Morgan fingerprint density at radius 1 is 0.961 bits per heavy atom. The Bertz CT molecular complexity index is 1770. The molecule has 15 heteroatoms. The first-order valence-corrected chi connectivity index (χ1v) is 17.1. The largest absolute Gasteiger partial charge is 0.482 e. The van der Waals surface area contributed by atoms with E-state index in [1.54, 1.807) is 70.7 Å². The van der Waals surface area contributed by atoms with Crippen LogP contribution in [-0.4, -0.2) is 70.3 Å². The summed E-state index contributed by atoms with van der Waals surface area (Å²) >= 11 is 12.6. The lowest BCUT2D eigenvalue weighted by atomic mass is 10.0. The minimum atomic E-state index is -1.13. The molecule has 2 aromatic carbocycles. The molecule has 1 aliphatic rings. The number of imide groups is 1. The average Bonchev–Trinajstić information content (AvgIpc) is 3.40. The molecule has 1 aliphatic heterocycles. The molecule has 0 aliphatic carbocycles. The molecule has 4 amide bonds. The lowest BCUT2D eigenvalue weighted by molar-refractivity contribution is 0.0425. The number of ether oxygens (including phenoxy) is 3. The molecule has 276 valence electrons. The average molecular weight is 749 g/mol. The molecular weight excluding hydrogens is 704 g/mol. The highest BCUT2D eigenvalue weighted by atomic mass is 35.5. The topological polar surface area (TPSA) is 142 Å². The molecule has 0 saturated carbocycles. The molecule has 1 atom stereocenters. The van der Waals surface area contributed by atoms with Crippen molar-refractivity contribution in [1.82, 2.24) is 15.2 Å². The molecule has 0 bridgehead atoms. The van der Waals surface area contributed by atoms with Crippen LogP contribution < -0.4 is 20.3 Å². The summed E-state index contributed by atoms with van der Waals surface area (Å²) in [7, 11) is 0. The zero-order valence-corrected chi connectivity index (χ0v) is 31.6. The van der Waals surface area contributed by atoms with Crippen molar-refractivity contribution in [3.63, 3.8) is 0 Å². The van der Waals surface area contributed by atoms with Gasteiger partial charge in [0.25, 0.3) is 11.8 Å². The highest BCUT2D eigenvalue weighted by molar-refractivity contribution is 6.36. The standard InChI is InChI=1S/C36H44Cl2FN5O7/c1-20(27-23(37)14-15-24(39)28(27)38)49-26-18-25(42-29(26)44(32(47)50-34(2,3)4)33(48)51-35(5,6)7)30(45)41-22-12-10-21(11-13-22)31(46)43-17-16-40-36(8,9)19-43/h10-15,18,20,40,42H,16-17,19H2,1-9H3,(H,41,45). The van der Waals surface area contributed by atoms with Crippen molar-refractivity contribution in [3.8, 4) is 5.75 Å². The number of carbonyl (C=O) groups excluding carboxylic acids is 4. The molecule has 12 nitrogen and oxygen atoms in total. The predicted molar refractivity (Wildman–Crippen MR) is 194 cm³/mol. The minimum absolute atomic E-state index is 0.0941. The van der Waals surface area contributed by atoms with Crippen LogP contribution in [0.4, 0.5) is 25.5 Å². The van der Waals surface area contributed by atoms with Crippen LogP contribution in [0, 0.1) is 5.82 Å². The van der Waals surface area contributed by atoms with E-state index in [9.17, 15) is 23.6 Å². The number of piperazine rings is 1. The van der Waals surface area contributed by atoms with Gasteiger partial charge in [-0.05, 0) is 98.7 Å². The molecule has 1 unspecified atom stereocenters. The molecule has 0 radical (unpaired) electrons. The first-order valence-electron chi connectivity index (χ1n) is 16.3. The third-order valence-electron chi connectivity index (χ3n) is 7.42. The van der Waals surface area contributed by atoms with Crippen LogP contribution in [0.25, 0.3) is 0 Å². The van der Waals surface area contributed by atoms with Gasteiger partial charge < -0.3 is 34.7 Å². The highest BCUT2D eigenvalue weighted by Gasteiger charge is 2.37. The molecule has 3 N–H and O–H groups in total. The number of nitrogens with zero attached hydrogens (tertiary/aromatic N) is 2. The fourth-order valence-electron chi connectivity index (χ4n) is 5.23. The normalized spacial score (nSPS) is 15.1. The van der Waals surface area contributed by atoms with Crippen molar-refractivity contribution in [2.45, 2.75) is 85.2 Å². The smallest absolute Gasteiger partial charge is 0.425 e. The van der Waals surface area contributed by atoms with Crippen molar-refractivity contribution in [2.75, 3.05) is 29.9 Å². The summed E-state index contributed by atoms with van der Waals surface area (Å²) in [5.41, 5.74) is -1.50. The van der Waals surface area contributed by atoms with E-state index >= 15 is 0 Å². The van der Waals surface area contributed by atoms with Crippen molar-refractivity contribution in [2.24, 2.45) is 0 Å². The van der Waals surface area contributed by atoms with Crippen LogP contribution in [0.5, 0.6) is 5.75 Å². The van der Waals surface area contributed by atoms with E-state index in [0.29, 0.717) is 35.8 Å². The van der Waals surface area contributed by atoms with Gasteiger partial charge in [0, 0.05) is 53.1 Å². The second kappa shape index (κ2) is 15.1. The quantitative estimate of drug-likeness (QED) is 0.205. The Hall–Kier alpha value is -4.33.